The molecule has 2 N–H and O–H groups in total. The third kappa shape index (κ3) is 2.73. The number of nitro groups is 1. The second-order valence-corrected chi connectivity index (χ2v) is 3.95. The zero-order valence-electron chi connectivity index (χ0n) is 9.58. The van der Waals surface area contributed by atoms with Crippen LogP contribution in [0.2, 0.25) is 0 Å². The molecule has 1 aromatic rings. The summed E-state index contributed by atoms with van der Waals surface area (Å²) in [5, 5.41) is 14.9. The second-order valence-electron chi connectivity index (χ2n) is 3.95. The van der Waals surface area contributed by atoms with E-state index in [0.717, 1.165) is 0 Å². The van der Waals surface area contributed by atoms with E-state index in [1.54, 1.807) is 0 Å². The van der Waals surface area contributed by atoms with Crippen LogP contribution in [0.1, 0.15) is 16.8 Å². The number of nitrogens with zero attached hydrogens (tertiary/aromatic N) is 1. The summed E-state index contributed by atoms with van der Waals surface area (Å²) >= 11 is 0. The largest absolute Gasteiger partial charge is 0.340 e. The molecule has 1 atom stereocenters. The number of amides is 3. The maximum atomic E-state index is 11.8. The molecule has 8 nitrogen and oxygen atoms in total. The molecule has 1 aliphatic heterocycles. The number of rotatable bonds is 3. The zero-order chi connectivity index (χ0) is 14.0. The number of nitro benzene ring substituents is 1. The van der Waals surface area contributed by atoms with Crippen molar-refractivity contribution in [3.05, 3.63) is 39.9 Å². The van der Waals surface area contributed by atoms with Gasteiger partial charge in [0.25, 0.3) is 11.6 Å². The summed E-state index contributed by atoms with van der Waals surface area (Å²) in [5.74, 6) is -1.57. The minimum atomic E-state index is -0.893. The van der Waals surface area contributed by atoms with E-state index in [9.17, 15) is 24.5 Å². The third-order valence-electron chi connectivity index (χ3n) is 2.61. The van der Waals surface area contributed by atoms with Gasteiger partial charge in [0.05, 0.1) is 11.3 Å². The summed E-state index contributed by atoms with van der Waals surface area (Å²) in [6.07, 6.45) is -0.0996. The van der Waals surface area contributed by atoms with Crippen LogP contribution in [0.25, 0.3) is 0 Å². The van der Waals surface area contributed by atoms with Gasteiger partial charge in [0.15, 0.2) is 0 Å². The van der Waals surface area contributed by atoms with Crippen molar-refractivity contribution in [1.82, 2.24) is 10.6 Å². The number of benzene rings is 1. The summed E-state index contributed by atoms with van der Waals surface area (Å²) in [6.45, 7) is 0. The van der Waals surface area contributed by atoms with Crippen LogP contribution in [0.3, 0.4) is 0 Å². The fourth-order valence-electron chi connectivity index (χ4n) is 1.65. The van der Waals surface area contributed by atoms with E-state index in [4.69, 9.17) is 0 Å². The van der Waals surface area contributed by atoms with Crippen molar-refractivity contribution in [3.63, 3.8) is 0 Å². The van der Waals surface area contributed by atoms with Gasteiger partial charge in [-0.3, -0.25) is 29.8 Å². The highest BCUT2D eigenvalue weighted by Crippen LogP contribution is 2.12. The van der Waals surface area contributed by atoms with Crippen molar-refractivity contribution in [1.29, 1.82) is 0 Å². The number of imide groups is 1. The molecule has 0 bridgehead atoms. The third-order valence-corrected chi connectivity index (χ3v) is 2.61. The van der Waals surface area contributed by atoms with Gasteiger partial charge in [-0.1, -0.05) is 0 Å². The first-order valence-corrected chi connectivity index (χ1v) is 5.36. The number of carbonyl (C=O) groups is 3. The highest BCUT2D eigenvalue weighted by atomic mass is 16.6. The minimum absolute atomic E-state index is 0.0996. The molecular weight excluding hydrogens is 254 g/mol. The van der Waals surface area contributed by atoms with Gasteiger partial charge < -0.3 is 5.32 Å². The van der Waals surface area contributed by atoms with Crippen LogP contribution < -0.4 is 10.6 Å². The number of hydrogen-bond acceptors (Lipinski definition) is 5. The Kier molecular flexibility index (Phi) is 3.23. The molecule has 2 rings (SSSR count). The molecule has 98 valence electrons. The van der Waals surface area contributed by atoms with Gasteiger partial charge in [-0.2, -0.15) is 0 Å². The lowest BCUT2D eigenvalue weighted by atomic mass is 10.1. The summed E-state index contributed by atoms with van der Waals surface area (Å²) in [4.78, 5) is 43.8. The Morgan fingerprint density at radius 1 is 1.32 bits per heavy atom. The Morgan fingerprint density at radius 2 is 1.95 bits per heavy atom. The number of carbonyl (C=O) groups excluding carboxylic acids is 3. The highest BCUT2D eigenvalue weighted by Gasteiger charge is 2.31. The highest BCUT2D eigenvalue weighted by molar-refractivity contribution is 6.08. The van der Waals surface area contributed by atoms with E-state index < -0.39 is 28.7 Å². The maximum Gasteiger partial charge on any atom is 0.269 e. The van der Waals surface area contributed by atoms with Gasteiger partial charge in [-0.05, 0) is 12.1 Å². The van der Waals surface area contributed by atoms with Gasteiger partial charge in [0, 0.05) is 17.7 Å². The lowest BCUT2D eigenvalue weighted by Crippen LogP contribution is -2.40. The summed E-state index contributed by atoms with van der Waals surface area (Å²) in [7, 11) is 0. The predicted octanol–water partition coefficient (Wildman–Crippen LogP) is -0.260. The Labute approximate surface area is 106 Å². The van der Waals surface area contributed by atoms with Crippen molar-refractivity contribution in [2.24, 2.45) is 0 Å². The Hall–Kier alpha value is -2.77. The molecule has 0 radical (unpaired) electrons. The second kappa shape index (κ2) is 4.84. The van der Waals surface area contributed by atoms with Gasteiger partial charge >= 0.3 is 0 Å². The van der Waals surface area contributed by atoms with E-state index in [1.807, 2.05) is 0 Å². The Balaban J connectivity index is 2.06. The first kappa shape index (κ1) is 12.7. The minimum Gasteiger partial charge on any atom is -0.340 e. The van der Waals surface area contributed by atoms with Crippen molar-refractivity contribution in [2.75, 3.05) is 0 Å². The molecular formula is C11H9N3O5. The van der Waals surface area contributed by atoms with Crippen molar-refractivity contribution in [2.45, 2.75) is 12.5 Å². The topological polar surface area (TPSA) is 118 Å². The SMILES string of the molecule is O=C1CC(NC(=O)c2ccc([N+](=O)[O-])cc2)C(=O)N1. The molecule has 19 heavy (non-hydrogen) atoms. The first-order valence-electron chi connectivity index (χ1n) is 5.36. The number of hydrogen-bond donors (Lipinski definition) is 2. The lowest BCUT2D eigenvalue weighted by molar-refractivity contribution is -0.384. The summed E-state index contributed by atoms with van der Waals surface area (Å²) < 4.78 is 0. The smallest absolute Gasteiger partial charge is 0.269 e. The number of non-ortho nitro benzene ring substituents is 1. The standard InChI is InChI=1S/C11H9N3O5/c15-9-5-8(11(17)13-9)12-10(16)6-1-3-7(4-2-6)14(18)19/h1-4,8H,5H2,(H,12,16)(H,13,15,17). The Morgan fingerprint density at radius 3 is 2.42 bits per heavy atom. The Bertz CT molecular complexity index is 566. The van der Waals surface area contributed by atoms with Gasteiger partial charge in [-0.25, -0.2) is 0 Å². The van der Waals surface area contributed by atoms with Crippen LogP contribution in [-0.2, 0) is 9.59 Å². The maximum absolute atomic E-state index is 11.8. The van der Waals surface area contributed by atoms with Gasteiger partial charge in [-0.15, -0.1) is 0 Å². The quantitative estimate of drug-likeness (QED) is 0.442. The average molecular weight is 263 g/mol. The molecule has 1 unspecified atom stereocenters. The lowest BCUT2D eigenvalue weighted by Gasteiger charge is -2.08. The van der Waals surface area contributed by atoms with Crippen molar-refractivity contribution < 1.29 is 19.3 Å². The van der Waals surface area contributed by atoms with Crippen LogP contribution in [0, 0.1) is 10.1 Å². The van der Waals surface area contributed by atoms with E-state index in [2.05, 4.69) is 10.6 Å². The zero-order valence-corrected chi connectivity index (χ0v) is 9.58. The molecule has 1 heterocycles. The van der Waals surface area contributed by atoms with Crippen LogP contribution in [-0.4, -0.2) is 28.7 Å². The van der Waals surface area contributed by atoms with E-state index in [0.29, 0.717) is 0 Å². The molecule has 0 saturated carbocycles. The van der Waals surface area contributed by atoms with Crippen LogP contribution in [0.5, 0.6) is 0 Å². The van der Waals surface area contributed by atoms with E-state index in [1.165, 1.54) is 24.3 Å². The molecule has 0 spiro atoms. The molecule has 0 aliphatic carbocycles. The normalized spacial score (nSPS) is 18.0. The summed E-state index contributed by atoms with van der Waals surface area (Å²) in [6, 6.07) is 4.05. The molecule has 1 saturated heterocycles. The van der Waals surface area contributed by atoms with Crippen molar-refractivity contribution >= 4 is 23.4 Å². The van der Waals surface area contributed by atoms with E-state index in [-0.39, 0.29) is 17.7 Å². The van der Waals surface area contributed by atoms with Crippen LogP contribution in [0.15, 0.2) is 24.3 Å². The average Bonchev–Trinajstić information content (AvgIpc) is 2.68. The fraction of sp³-hybridized carbons (Fsp3) is 0.182. The van der Waals surface area contributed by atoms with Gasteiger partial charge in [0.2, 0.25) is 11.8 Å². The predicted molar refractivity (Wildman–Crippen MR) is 62.1 cm³/mol. The first-order chi connectivity index (χ1) is 8.97. The number of nitrogens with one attached hydrogen (secondary N) is 2. The van der Waals surface area contributed by atoms with E-state index >= 15 is 0 Å². The summed E-state index contributed by atoms with van der Waals surface area (Å²) in [5.41, 5.74) is 0.0445. The molecule has 3 amide bonds. The fourth-order valence-corrected chi connectivity index (χ4v) is 1.65. The molecule has 1 aromatic carbocycles. The molecule has 1 fully saturated rings. The monoisotopic (exact) mass is 263 g/mol. The molecule has 1 aliphatic rings. The van der Waals surface area contributed by atoms with Crippen LogP contribution >= 0.6 is 0 Å². The van der Waals surface area contributed by atoms with Gasteiger partial charge in [0.1, 0.15) is 6.04 Å². The van der Waals surface area contributed by atoms with Crippen LogP contribution in [0.4, 0.5) is 5.69 Å². The molecule has 8 heteroatoms. The molecule has 0 aromatic heterocycles. The van der Waals surface area contributed by atoms with Crippen molar-refractivity contribution in [3.8, 4) is 0 Å².